The number of hydrogen-bond acceptors (Lipinski definition) is 2. The van der Waals surface area contributed by atoms with E-state index in [9.17, 15) is 13.6 Å². The van der Waals surface area contributed by atoms with Gasteiger partial charge in [-0.1, -0.05) is 9.24 Å². The van der Waals surface area contributed by atoms with E-state index >= 15 is 0 Å². The molecule has 0 aliphatic carbocycles. The molecule has 0 aromatic carbocycles. The van der Waals surface area contributed by atoms with E-state index in [2.05, 4.69) is 14.3 Å². The molecule has 72 valence electrons. The summed E-state index contributed by atoms with van der Waals surface area (Å²) in [5, 5.41) is 3.69. The molecule has 2 unspecified atom stereocenters. The SMILES string of the molecule is CC(F)c1nn(C)c(P)c1C(=O)F. The van der Waals surface area contributed by atoms with E-state index in [1.807, 2.05) is 0 Å². The molecule has 0 fully saturated rings. The van der Waals surface area contributed by atoms with Gasteiger partial charge in [-0.15, -0.1) is 0 Å². The number of aromatic nitrogens is 2. The molecule has 1 heterocycles. The summed E-state index contributed by atoms with van der Waals surface area (Å²) in [5.74, 6) is 0. The van der Waals surface area contributed by atoms with Gasteiger partial charge in [-0.05, 0) is 6.92 Å². The topological polar surface area (TPSA) is 34.9 Å². The van der Waals surface area contributed by atoms with Crippen LogP contribution in [0.5, 0.6) is 0 Å². The third-order valence-corrected chi connectivity index (χ3v) is 2.35. The Morgan fingerprint density at radius 2 is 2.23 bits per heavy atom. The van der Waals surface area contributed by atoms with E-state index in [1.54, 1.807) is 0 Å². The van der Waals surface area contributed by atoms with Crippen LogP contribution in [0.15, 0.2) is 0 Å². The minimum Gasteiger partial charge on any atom is -0.268 e. The Labute approximate surface area is 76.3 Å². The van der Waals surface area contributed by atoms with Crippen molar-refractivity contribution in [1.29, 1.82) is 0 Å². The number of rotatable bonds is 2. The second kappa shape index (κ2) is 3.50. The predicted molar refractivity (Wildman–Crippen MR) is 47.5 cm³/mol. The fourth-order valence-corrected chi connectivity index (χ4v) is 1.36. The first-order valence-corrected chi connectivity index (χ1v) is 4.19. The quantitative estimate of drug-likeness (QED) is 0.535. The van der Waals surface area contributed by atoms with Crippen molar-refractivity contribution in [1.82, 2.24) is 9.78 Å². The minimum absolute atomic E-state index is 0.153. The van der Waals surface area contributed by atoms with Gasteiger partial charge in [0.25, 0.3) is 0 Å². The molecule has 2 atom stereocenters. The summed E-state index contributed by atoms with van der Waals surface area (Å²) < 4.78 is 26.6. The number of nitrogens with zero attached hydrogens (tertiary/aromatic N) is 2. The summed E-state index contributed by atoms with van der Waals surface area (Å²) in [6, 6.07) is -1.65. The van der Waals surface area contributed by atoms with E-state index in [-0.39, 0.29) is 16.7 Å². The average molecular weight is 206 g/mol. The minimum atomic E-state index is -1.65. The molecule has 0 aliphatic rings. The average Bonchev–Trinajstić information content (AvgIpc) is 2.28. The van der Waals surface area contributed by atoms with Gasteiger partial charge < -0.3 is 0 Å². The number of carbonyl (C=O) groups is 1. The highest BCUT2D eigenvalue weighted by molar-refractivity contribution is 7.27. The molecular formula is C7H9F2N2OP. The largest absolute Gasteiger partial charge is 0.336 e. The van der Waals surface area contributed by atoms with Crippen LogP contribution >= 0.6 is 9.24 Å². The molecule has 0 amide bonds. The lowest BCUT2D eigenvalue weighted by Gasteiger charge is -1.96. The van der Waals surface area contributed by atoms with Crippen molar-refractivity contribution in [2.75, 3.05) is 0 Å². The van der Waals surface area contributed by atoms with Crippen LogP contribution < -0.4 is 5.44 Å². The zero-order valence-corrected chi connectivity index (χ0v) is 8.37. The van der Waals surface area contributed by atoms with Gasteiger partial charge in [-0.2, -0.15) is 9.49 Å². The Balaban J connectivity index is 3.35. The van der Waals surface area contributed by atoms with Crippen molar-refractivity contribution in [3.8, 4) is 0 Å². The number of alkyl halides is 1. The van der Waals surface area contributed by atoms with E-state index in [4.69, 9.17) is 0 Å². The van der Waals surface area contributed by atoms with E-state index < -0.39 is 12.2 Å². The van der Waals surface area contributed by atoms with Crippen LogP contribution in [-0.2, 0) is 7.05 Å². The van der Waals surface area contributed by atoms with E-state index in [0.717, 1.165) is 0 Å². The summed E-state index contributed by atoms with van der Waals surface area (Å²) >= 11 is 0. The van der Waals surface area contributed by atoms with Crippen LogP contribution in [0.1, 0.15) is 29.1 Å². The monoisotopic (exact) mass is 206 g/mol. The van der Waals surface area contributed by atoms with Crippen LogP contribution in [0.25, 0.3) is 0 Å². The third-order valence-electron chi connectivity index (χ3n) is 1.69. The van der Waals surface area contributed by atoms with Gasteiger partial charge in [0, 0.05) is 7.05 Å². The second-order valence-electron chi connectivity index (χ2n) is 2.66. The van der Waals surface area contributed by atoms with Crippen LogP contribution in [0.3, 0.4) is 0 Å². The Hall–Kier alpha value is -0.830. The van der Waals surface area contributed by atoms with Crippen molar-refractivity contribution in [3.05, 3.63) is 11.3 Å². The van der Waals surface area contributed by atoms with Gasteiger partial charge in [0.1, 0.15) is 17.4 Å². The maximum absolute atomic E-state index is 12.8. The van der Waals surface area contributed by atoms with Gasteiger partial charge in [-0.3, -0.25) is 9.48 Å². The third kappa shape index (κ3) is 1.75. The lowest BCUT2D eigenvalue weighted by atomic mass is 10.2. The molecule has 13 heavy (non-hydrogen) atoms. The molecule has 0 saturated carbocycles. The van der Waals surface area contributed by atoms with Gasteiger partial charge >= 0.3 is 6.04 Å². The van der Waals surface area contributed by atoms with Crippen molar-refractivity contribution in [2.45, 2.75) is 13.1 Å². The first-order valence-electron chi connectivity index (χ1n) is 3.61. The normalized spacial score (nSPS) is 13.0. The first-order chi connectivity index (χ1) is 5.95. The lowest BCUT2D eigenvalue weighted by Crippen LogP contribution is -2.11. The molecule has 1 aromatic heterocycles. The zero-order chi connectivity index (χ0) is 10.2. The van der Waals surface area contributed by atoms with Crippen molar-refractivity contribution in [2.24, 2.45) is 7.05 Å². The molecule has 3 nitrogen and oxygen atoms in total. The summed E-state index contributed by atoms with van der Waals surface area (Å²) in [6.07, 6.45) is -1.45. The number of halogens is 2. The van der Waals surface area contributed by atoms with Gasteiger partial charge in [0.15, 0.2) is 0 Å². The number of carbonyl (C=O) groups excluding carboxylic acids is 1. The fraction of sp³-hybridized carbons (Fsp3) is 0.429. The van der Waals surface area contributed by atoms with Gasteiger partial charge in [0.05, 0.1) is 5.44 Å². The molecule has 1 aromatic rings. The standard InChI is InChI=1S/C7H9F2N2OP/c1-3(8)5-4(6(9)12)7(13)11(2)10-5/h3H,13H2,1-2H3. The van der Waals surface area contributed by atoms with Gasteiger partial charge in [-0.25, -0.2) is 4.39 Å². The van der Waals surface area contributed by atoms with Crippen LogP contribution in [0.4, 0.5) is 8.78 Å². The van der Waals surface area contributed by atoms with Crippen LogP contribution in [0.2, 0.25) is 0 Å². The summed E-state index contributed by atoms with van der Waals surface area (Å²) in [5.41, 5.74) is -0.186. The Bertz CT molecular complexity index is 349. The Kier molecular flexibility index (Phi) is 2.76. The summed E-state index contributed by atoms with van der Waals surface area (Å²) in [7, 11) is 3.67. The lowest BCUT2D eigenvalue weighted by molar-refractivity contribution is 0.0834. The van der Waals surface area contributed by atoms with E-state index in [1.165, 1.54) is 18.7 Å². The van der Waals surface area contributed by atoms with Crippen molar-refractivity contribution < 1.29 is 13.6 Å². The maximum atomic E-state index is 12.8. The molecule has 1 rings (SSSR count). The predicted octanol–water partition coefficient (Wildman–Crippen LogP) is 1.06. The van der Waals surface area contributed by atoms with Crippen LogP contribution in [-0.4, -0.2) is 15.8 Å². The first kappa shape index (κ1) is 10.3. The van der Waals surface area contributed by atoms with Crippen LogP contribution in [0, 0.1) is 0 Å². The number of aryl methyl sites for hydroxylation is 1. The molecule has 6 heteroatoms. The number of hydrogen-bond donors (Lipinski definition) is 0. The highest BCUT2D eigenvalue weighted by Gasteiger charge is 2.23. The second-order valence-corrected chi connectivity index (χ2v) is 3.21. The molecule has 0 saturated heterocycles. The van der Waals surface area contributed by atoms with Crippen molar-refractivity contribution in [3.63, 3.8) is 0 Å². The summed E-state index contributed by atoms with van der Waals surface area (Å²) in [4.78, 5) is 10.5. The van der Waals surface area contributed by atoms with Crippen molar-refractivity contribution >= 4 is 20.7 Å². The molecular weight excluding hydrogens is 197 g/mol. The molecule has 0 N–H and O–H groups in total. The summed E-state index contributed by atoms with van der Waals surface area (Å²) in [6.45, 7) is 1.21. The zero-order valence-electron chi connectivity index (χ0n) is 7.21. The fourth-order valence-electron chi connectivity index (χ4n) is 1.04. The Morgan fingerprint density at radius 3 is 2.54 bits per heavy atom. The molecule has 0 radical (unpaired) electrons. The highest BCUT2D eigenvalue weighted by atomic mass is 31.0. The molecule has 0 bridgehead atoms. The smallest absolute Gasteiger partial charge is 0.268 e. The highest BCUT2D eigenvalue weighted by Crippen LogP contribution is 2.19. The molecule has 0 aliphatic heterocycles. The Morgan fingerprint density at radius 1 is 1.69 bits per heavy atom. The maximum Gasteiger partial charge on any atom is 0.336 e. The molecule has 0 spiro atoms. The van der Waals surface area contributed by atoms with E-state index in [0.29, 0.717) is 0 Å². The van der Waals surface area contributed by atoms with Gasteiger partial charge in [0.2, 0.25) is 0 Å².